The second-order valence-electron chi connectivity index (χ2n) is 6.43. The lowest BCUT2D eigenvalue weighted by Crippen LogP contribution is -2.45. The van der Waals surface area contributed by atoms with E-state index in [1.54, 1.807) is 0 Å². The molecule has 102 valence electrons. The normalized spacial score (nSPS) is 24.7. The Bertz CT molecular complexity index is 389. The third kappa shape index (κ3) is 3.77. The van der Waals surface area contributed by atoms with Gasteiger partial charge in [-0.2, -0.15) is 0 Å². The summed E-state index contributed by atoms with van der Waals surface area (Å²) in [5.74, 6) is 0. The van der Waals surface area contributed by atoms with Crippen molar-refractivity contribution in [1.29, 1.82) is 0 Å². The second kappa shape index (κ2) is 5.27. The van der Waals surface area contributed by atoms with Gasteiger partial charge in [0.25, 0.3) is 0 Å². The predicted molar refractivity (Wildman–Crippen MR) is 76.2 cm³/mol. The maximum absolute atomic E-state index is 5.65. The summed E-state index contributed by atoms with van der Waals surface area (Å²) < 4.78 is 5.65. The van der Waals surface area contributed by atoms with Crippen LogP contribution in [0.2, 0.25) is 0 Å². The van der Waals surface area contributed by atoms with Gasteiger partial charge in [0.05, 0.1) is 11.6 Å². The van der Waals surface area contributed by atoms with Crippen molar-refractivity contribution in [3.8, 4) is 0 Å². The highest BCUT2D eigenvalue weighted by atomic mass is 32.1. The molecule has 0 aliphatic carbocycles. The van der Waals surface area contributed by atoms with Crippen LogP contribution in [0.4, 0.5) is 0 Å². The first-order valence-corrected chi connectivity index (χ1v) is 7.44. The van der Waals surface area contributed by atoms with Crippen molar-refractivity contribution in [1.82, 2.24) is 10.3 Å². The molecular formula is C14H24N2OS. The number of thiazole rings is 1. The minimum Gasteiger partial charge on any atom is -0.381 e. The third-order valence-electron chi connectivity index (χ3n) is 3.40. The molecule has 1 atom stereocenters. The van der Waals surface area contributed by atoms with E-state index in [0.29, 0.717) is 0 Å². The zero-order valence-corrected chi connectivity index (χ0v) is 12.7. The largest absolute Gasteiger partial charge is 0.381 e. The molecule has 1 aliphatic heterocycles. The number of ether oxygens (including phenoxy) is 1. The van der Waals surface area contributed by atoms with Gasteiger partial charge in [0, 0.05) is 35.2 Å². The highest BCUT2D eigenvalue weighted by molar-refractivity contribution is 7.11. The van der Waals surface area contributed by atoms with Gasteiger partial charge < -0.3 is 10.1 Å². The Balaban J connectivity index is 2.02. The summed E-state index contributed by atoms with van der Waals surface area (Å²) in [6.07, 6.45) is 4.26. The van der Waals surface area contributed by atoms with Gasteiger partial charge in [-0.3, -0.25) is 0 Å². The molecule has 3 nitrogen and oxygen atoms in total. The number of nitrogens with one attached hydrogen (secondary N) is 1. The lowest BCUT2D eigenvalue weighted by Gasteiger charge is -2.32. The first-order valence-electron chi connectivity index (χ1n) is 6.63. The number of hydrogen-bond acceptors (Lipinski definition) is 4. The van der Waals surface area contributed by atoms with E-state index >= 15 is 0 Å². The molecule has 0 radical (unpaired) electrons. The molecule has 18 heavy (non-hydrogen) atoms. The lowest BCUT2D eigenvalue weighted by atomic mass is 9.82. The van der Waals surface area contributed by atoms with E-state index < -0.39 is 0 Å². The third-order valence-corrected chi connectivity index (χ3v) is 4.31. The summed E-state index contributed by atoms with van der Waals surface area (Å²) in [5.41, 5.74) is 0.422. The summed E-state index contributed by atoms with van der Waals surface area (Å²) in [6.45, 7) is 11.5. The smallest absolute Gasteiger partial charge is 0.0896 e. The molecule has 0 saturated carbocycles. The van der Waals surface area contributed by atoms with Crippen LogP contribution in [0, 0.1) is 12.3 Å². The molecule has 0 aromatic carbocycles. The zero-order chi connectivity index (χ0) is 13.2. The predicted octanol–water partition coefficient (Wildman–Crippen LogP) is 2.79. The summed E-state index contributed by atoms with van der Waals surface area (Å²) in [5, 5.41) is 4.79. The fourth-order valence-corrected chi connectivity index (χ4v) is 3.27. The highest BCUT2D eigenvalue weighted by Gasteiger charge is 2.36. The van der Waals surface area contributed by atoms with Crippen molar-refractivity contribution >= 4 is 11.3 Å². The van der Waals surface area contributed by atoms with Crippen molar-refractivity contribution in [2.75, 3.05) is 19.8 Å². The van der Waals surface area contributed by atoms with Crippen LogP contribution < -0.4 is 5.32 Å². The van der Waals surface area contributed by atoms with Gasteiger partial charge in [0.1, 0.15) is 0 Å². The van der Waals surface area contributed by atoms with Crippen LogP contribution in [0.1, 0.15) is 37.1 Å². The van der Waals surface area contributed by atoms with Crippen LogP contribution >= 0.6 is 11.3 Å². The molecule has 0 bridgehead atoms. The summed E-state index contributed by atoms with van der Waals surface area (Å²) in [4.78, 5) is 5.74. The van der Waals surface area contributed by atoms with Gasteiger partial charge in [-0.05, 0) is 40.5 Å². The SMILES string of the molecule is Cc1ncc(CC2(CNC(C)(C)C)CCOC2)s1. The lowest BCUT2D eigenvalue weighted by molar-refractivity contribution is 0.144. The van der Waals surface area contributed by atoms with Gasteiger partial charge in [-0.15, -0.1) is 11.3 Å². The number of nitrogens with zero attached hydrogens (tertiary/aromatic N) is 1. The molecule has 1 saturated heterocycles. The van der Waals surface area contributed by atoms with Crippen LogP contribution in [0.15, 0.2) is 6.20 Å². The molecule has 2 rings (SSSR count). The van der Waals surface area contributed by atoms with Crippen LogP contribution in [0.25, 0.3) is 0 Å². The maximum atomic E-state index is 5.65. The number of aryl methyl sites for hydroxylation is 1. The average Bonchev–Trinajstić information content (AvgIpc) is 2.86. The van der Waals surface area contributed by atoms with E-state index in [-0.39, 0.29) is 11.0 Å². The van der Waals surface area contributed by atoms with Gasteiger partial charge >= 0.3 is 0 Å². The van der Waals surface area contributed by atoms with E-state index in [4.69, 9.17) is 4.74 Å². The molecule has 1 N–H and O–H groups in total. The minimum absolute atomic E-state index is 0.166. The number of hydrogen-bond donors (Lipinski definition) is 1. The standard InChI is InChI=1S/C14H24N2OS/c1-11-15-8-12(18-11)7-14(5-6-17-10-14)9-16-13(2,3)4/h8,16H,5-7,9-10H2,1-4H3. The van der Waals surface area contributed by atoms with Crippen LogP contribution in [-0.2, 0) is 11.2 Å². The zero-order valence-electron chi connectivity index (χ0n) is 11.9. The molecule has 4 heteroatoms. The van der Waals surface area contributed by atoms with Crippen LogP contribution in [0.5, 0.6) is 0 Å². The Labute approximate surface area is 114 Å². The van der Waals surface area contributed by atoms with Gasteiger partial charge in [-0.1, -0.05) is 0 Å². The van der Waals surface area contributed by atoms with E-state index in [2.05, 4.69) is 38.0 Å². The monoisotopic (exact) mass is 268 g/mol. The molecule has 2 heterocycles. The molecule has 0 spiro atoms. The molecule has 1 aromatic heterocycles. The van der Waals surface area contributed by atoms with Gasteiger partial charge in [-0.25, -0.2) is 4.98 Å². The van der Waals surface area contributed by atoms with E-state index in [1.807, 2.05) is 17.5 Å². The fraction of sp³-hybridized carbons (Fsp3) is 0.786. The number of aromatic nitrogens is 1. The number of rotatable bonds is 4. The Hall–Kier alpha value is -0.450. The summed E-state index contributed by atoms with van der Waals surface area (Å²) in [6, 6.07) is 0. The molecule has 1 unspecified atom stereocenters. The van der Waals surface area contributed by atoms with Crippen molar-refractivity contribution in [2.45, 2.75) is 46.1 Å². The van der Waals surface area contributed by atoms with Crippen LogP contribution in [-0.4, -0.2) is 30.3 Å². The molecular weight excluding hydrogens is 244 g/mol. The highest BCUT2D eigenvalue weighted by Crippen LogP contribution is 2.34. The Kier molecular flexibility index (Phi) is 4.09. The molecule has 0 amide bonds. The quantitative estimate of drug-likeness (QED) is 0.912. The van der Waals surface area contributed by atoms with Gasteiger partial charge in [0.2, 0.25) is 0 Å². The summed E-state index contributed by atoms with van der Waals surface area (Å²) >= 11 is 1.81. The molecule has 1 aliphatic rings. The first kappa shape index (κ1) is 14.0. The van der Waals surface area contributed by atoms with Crippen molar-refractivity contribution in [3.05, 3.63) is 16.1 Å². The topological polar surface area (TPSA) is 34.2 Å². The first-order chi connectivity index (χ1) is 8.39. The van der Waals surface area contributed by atoms with Crippen LogP contribution in [0.3, 0.4) is 0 Å². The van der Waals surface area contributed by atoms with Crippen molar-refractivity contribution < 1.29 is 4.74 Å². The Morgan fingerprint density at radius 3 is 2.78 bits per heavy atom. The second-order valence-corrected chi connectivity index (χ2v) is 7.75. The minimum atomic E-state index is 0.166. The molecule has 1 aromatic rings. The Morgan fingerprint density at radius 1 is 1.50 bits per heavy atom. The van der Waals surface area contributed by atoms with E-state index in [9.17, 15) is 0 Å². The van der Waals surface area contributed by atoms with Gasteiger partial charge in [0.15, 0.2) is 0 Å². The van der Waals surface area contributed by atoms with Crippen molar-refractivity contribution in [2.24, 2.45) is 5.41 Å². The molecule has 1 fully saturated rings. The fourth-order valence-electron chi connectivity index (χ4n) is 2.30. The Morgan fingerprint density at radius 2 is 2.28 bits per heavy atom. The summed E-state index contributed by atoms with van der Waals surface area (Å²) in [7, 11) is 0. The van der Waals surface area contributed by atoms with E-state index in [0.717, 1.165) is 37.6 Å². The van der Waals surface area contributed by atoms with E-state index in [1.165, 1.54) is 4.88 Å². The van der Waals surface area contributed by atoms with Crippen molar-refractivity contribution in [3.63, 3.8) is 0 Å². The average molecular weight is 268 g/mol. The maximum Gasteiger partial charge on any atom is 0.0896 e.